The number of ketones is 1. The van der Waals surface area contributed by atoms with Crippen LogP contribution in [0.1, 0.15) is 57.0 Å². The number of imidazole rings is 1. The van der Waals surface area contributed by atoms with Crippen LogP contribution in [0.5, 0.6) is 5.75 Å². The Morgan fingerprint density at radius 2 is 1.83 bits per heavy atom. The van der Waals surface area contributed by atoms with Crippen molar-refractivity contribution in [2.75, 3.05) is 6.61 Å². The summed E-state index contributed by atoms with van der Waals surface area (Å²) in [6.07, 6.45) is 1.79. The Morgan fingerprint density at radius 1 is 1.14 bits per heavy atom. The summed E-state index contributed by atoms with van der Waals surface area (Å²) in [6.45, 7) is 12.7. The van der Waals surface area contributed by atoms with Gasteiger partial charge in [0.05, 0.1) is 23.3 Å². The standard InChI is InChI=1S/C23H27N3O2S/c1-7-28-19-8-9-24-18(13(19)2)12-29-21-25-16-10-14-15(11-17(16)26-21)23(5,6)20(27)22(14,3)4/h8-11H,7,12H2,1-6H3,(H,25,26). The average molecular weight is 410 g/mol. The van der Waals surface area contributed by atoms with E-state index in [0.29, 0.717) is 12.4 Å². The molecule has 0 aliphatic heterocycles. The van der Waals surface area contributed by atoms with Gasteiger partial charge in [0, 0.05) is 28.3 Å². The summed E-state index contributed by atoms with van der Waals surface area (Å²) >= 11 is 1.63. The van der Waals surface area contributed by atoms with E-state index in [1.807, 2.05) is 47.6 Å². The third-order valence-corrected chi connectivity index (χ3v) is 6.87. The first-order valence-corrected chi connectivity index (χ1v) is 10.9. The molecule has 29 heavy (non-hydrogen) atoms. The van der Waals surface area contributed by atoms with Gasteiger partial charge in [0.15, 0.2) is 10.9 Å². The van der Waals surface area contributed by atoms with Crippen molar-refractivity contribution in [1.29, 1.82) is 0 Å². The summed E-state index contributed by atoms with van der Waals surface area (Å²) in [6, 6.07) is 6.09. The number of aromatic nitrogens is 3. The molecular weight excluding hydrogens is 382 g/mol. The van der Waals surface area contributed by atoms with Gasteiger partial charge in [0.25, 0.3) is 0 Å². The second-order valence-corrected chi connectivity index (χ2v) is 9.60. The van der Waals surface area contributed by atoms with Gasteiger partial charge in [-0.05, 0) is 70.9 Å². The molecule has 0 spiro atoms. The molecule has 0 radical (unpaired) electrons. The molecule has 0 saturated heterocycles. The smallest absolute Gasteiger partial charge is 0.166 e. The van der Waals surface area contributed by atoms with Crippen molar-refractivity contribution in [3.63, 3.8) is 0 Å². The molecule has 5 nitrogen and oxygen atoms in total. The first-order valence-electron chi connectivity index (χ1n) is 9.96. The second kappa shape index (κ2) is 6.87. The molecule has 1 N–H and O–H groups in total. The van der Waals surface area contributed by atoms with E-state index in [-0.39, 0.29) is 5.78 Å². The fourth-order valence-electron chi connectivity index (χ4n) is 4.31. The van der Waals surface area contributed by atoms with Crippen molar-refractivity contribution >= 4 is 28.6 Å². The maximum absolute atomic E-state index is 12.9. The van der Waals surface area contributed by atoms with Crippen LogP contribution in [0.4, 0.5) is 0 Å². The number of fused-ring (bicyclic) bond motifs is 2. The van der Waals surface area contributed by atoms with Crippen molar-refractivity contribution in [2.24, 2.45) is 0 Å². The number of rotatable bonds is 5. The van der Waals surface area contributed by atoms with Crippen LogP contribution in [0, 0.1) is 6.92 Å². The lowest BCUT2D eigenvalue weighted by molar-refractivity contribution is -0.126. The van der Waals surface area contributed by atoms with Gasteiger partial charge in [-0.2, -0.15) is 0 Å². The van der Waals surface area contributed by atoms with Gasteiger partial charge in [-0.15, -0.1) is 0 Å². The Morgan fingerprint density at radius 3 is 2.52 bits per heavy atom. The van der Waals surface area contributed by atoms with Gasteiger partial charge in [-0.3, -0.25) is 9.78 Å². The number of carbonyl (C=O) groups excluding carboxylic acids is 1. The SMILES string of the molecule is CCOc1ccnc(CSc2nc3cc4c(cc3[nH]2)C(C)(C)C(=O)C4(C)C)c1C. The lowest BCUT2D eigenvalue weighted by Crippen LogP contribution is -2.33. The molecule has 0 fully saturated rings. The predicted octanol–water partition coefficient (Wildman–Crippen LogP) is 5.10. The van der Waals surface area contributed by atoms with Crippen LogP contribution in [-0.4, -0.2) is 27.3 Å². The molecule has 0 amide bonds. The van der Waals surface area contributed by atoms with E-state index in [1.54, 1.807) is 18.0 Å². The number of pyridine rings is 1. The molecule has 1 aromatic carbocycles. The van der Waals surface area contributed by atoms with E-state index in [4.69, 9.17) is 9.72 Å². The van der Waals surface area contributed by atoms with Gasteiger partial charge < -0.3 is 9.72 Å². The number of Topliss-reactive ketones (excluding diaryl/α,β-unsaturated/α-hetero) is 1. The predicted molar refractivity (Wildman–Crippen MR) is 117 cm³/mol. The van der Waals surface area contributed by atoms with E-state index in [9.17, 15) is 4.79 Å². The molecular formula is C23H27N3O2S. The molecule has 3 aromatic rings. The van der Waals surface area contributed by atoms with E-state index in [0.717, 1.165) is 44.3 Å². The number of benzene rings is 1. The highest BCUT2D eigenvalue weighted by atomic mass is 32.2. The van der Waals surface area contributed by atoms with Crippen LogP contribution in [0.15, 0.2) is 29.6 Å². The first-order chi connectivity index (χ1) is 13.7. The summed E-state index contributed by atoms with van der Waals surface area (Å²) < 4.78 is 5.67. The lowest BCUT2D eigenvalue weighted by Gasteiger charge is -2.21. The highest BCUT2D eigenvalue weighted by molar-refractivity contribution is 7.98. The highest BCUT2D eigenvalue weighted by Crippen LogP contribution is 2.47. The minimum Gasteiger partial charge on any atom is -0.493 e. The molecule has 0 saturated carbocycles. The van der Waals surface area contributed by atoms with Gasteiger partial charge in [0.2, 0.25) is 0 Å². The molecule has 6 heteroatoms. The minimum absolute atomic E-state index is 0.262. The molecule has 2 heterocycles. The summed E-state index contributed by atoms with van der Waals surface area (Å²) in [5.74, 6) is 1.85. The number of ether oxygens (including phenoxy) is 1. The summed E-state index contributed by atoms with van der Waals surface area (Å²) in [5, 5.41) is 0.855. The summed E-state index contributed by atoms with van der Waals surface area (Å²) in [7, 11) is 0. The monoisotopic (exact) mass is 409 g/mol. The molecule has 152 valence electrons. The fourth-order valence-corrected chi connectivity index (χ4v) is 5.22. The number of nitrogens with one attached hydrogen (secondary N) is 1. The topological polar surface area (TPSA) is 67.9 Å². The zero-order chi connectivity index (χ0) is 21.0. The molecule has 2 aromatic heterocycles. The number of thioether (sulfide) groups is 1. The molecule has 1 aliphatic carbocycles. The third-order valence-electron chi connectivity index (χ3n) is 5.99. The van der Waals surface area contributed by atoms with Crippen molar-refractivity contribution in [2.45, 2.75) is 63.3 Å². The van der Waals surface area contributed by atoms with Crippen molar-refractivity contribution < 1.29 is 9.53 Å². The quantitative estimate of drug-likeness (QED) is 0.594. The molecule has 0 bridgehead atoms. The number of hydrogen-bond acceptors (Lipinski definition) is 5. The maximum atomic E-state index is 12.9. The third kappa shape index (κ3) is 3.14. The lowest BCUT2D eigenvalue weighted by atomic mass is 9.80. The van der Waals surface area contributed by atoms with E-state index < -0.39 is 10.8 Å². The van der Waals surface area contributed by atoms with Crippen molar-refractivity contribution in [3.05, 3.63) is 46.8 Å². The van der Waals surface area contributed by atoms with Gasteiger partial charge in [-0.1, -0.05) is 11.8 Å². The first kappa shape index (κ1) is 20.0. The highest BCUT2D eigenvalue weighted by Gasteiger charge is 2.50. The van der Waals surface area contributed by atoms with Crippen LogP contribution in [0.3, 0.4) is 0 Å². The Bertz CT molecular complexity index is 1060. The molecule has 0 unspecified atom stereocenters. The summed E-state index contributed by atoms with van der Waals surface area (Å²) in [4.78, 5) is 25.6. The number of hydrogen-bond donors (Lipinski definition) is 1. The Hall–Kier alpha value is -2.34. The van der Waals surface area contributed by atoms with Crippen molar-refractivity contribution in [1.82, 2.24) is 15.0 Å². The van der Waals surface area contributed by atoms with E-state index in [2.05, 4.69) is 22.1 Å². The Labute approximate surface area is 175 Å². The largest absolute Gasteiger partial charge is 0.493 e. The fraction of sp³-hybridized carbons (Fsp3) is 0.435. The van der Waals surface area contributed by atoms with Gasteiger partial charge in [0.1, 0.15) is 5.75 Å². The maximum Gasteiger partial charge on any atom is 0.166 e. The van der Waals surface area contributed by atoms with E-state index in [1.165, 1.54) is 0 Å². The molecule has 4 rings (SSSR count). The van der Waals surface area contributed by atoms with Gasteiger partial charge >= 0.3 is 0 Å². The van der Waals surface area contributed by atoms with E-state index >= 15 is 0 Å². The van der Waals surface area contributed by atoms with Crippen LogP contribution < -0.4 is 4.74 Å². The van der Waals surface area contributed by atoms with Crippen LogP contribution in [0.2, 0.25) is 0 Å². The summed E-state index contributed by atoms with van der Waals surface area (Å²) in [5.41, 5.74) is 5.16. The Kier molecular flexibility index (Phi) is 4.73. The number of nitrogens with zero attached hydrogens (tertiary/aromatic N) is 2. The Balaban J connectivity index is 1.64. The second-order valence-electron chi connectivity index (χ2n) is 8.64. The molecule has 1 aliphatic rings. The number of aromatic amines is 1. The molecule has 0 atom stereocenters. The number of H-pyrrole nitrogens is 1. The average Bonchev–Trinajstić information content (AvgIpc) is 3.13. The van der Waals surface area contributed by atoms with Crippen LogP contribution in [-0.2, 0) is 21.4 Å². The minimum atomic E-state index is -0.486. The van der Waals surface area contributed by atoms with Crippen LogP contribution >= 0.6 is 11.8 Å². The van der Waals surface area contributed by atoms with Crippen LogP contribution in [0.25, 0.3) is 11.0 Å². The van der Waals surface area contributed by atoms with Crippen molar-refractivity contribution in [3.8, 4) is 5.75 Å². The normalized spacial score (nSPS) is 17.0. The van der Waals surface area contributed by atoms with Gasteiger partial charge in [-0.25, -0.2) is 4.98 Å². The zero-order valence-corrected chi connectivity index (χ0v) is 18.7. The number of carbonyl (C=O) groups is 1. The zero-order valence-electron chi connectivity index (χ0n) is 17.8.